The molecule has 56 valence electrons. The quantitative estimate of drug-likeness (QED) is 0.605. The van der Waals surface area contributed by atoms with E-state index in [-0.39, 0.29) is 0 Å². The fourth-order valence-corrected chi connectivity index (χ4v) is 1.86. The molecule has 1 aliphatic heterocycles. The molecule has 2 rings (SSSR count). The van der Waals surface area contributed by atoms with Crippen molar-refractivity contribution < 1.29 is 14.6 Å². The van der Waals surface area contributed by atoms with E-state index in [1.54, 1.807) is 0 Å². The van der Waals surface area contributed by atoms with E-state index in [0.29, 0.717) is 24.2 Å². The zero-order chi connectivity index (χ0) is 7.14. The number of carboxylic acid groups (broad SMARTS) is 1. The van der Waals surface area contributed by atoms with Crippen molar-refractivity contribution >= 4 is 5.97 Å². The maximum Gasteiger partial charge on any atom is 0.303 e. The topological polar surface area (TPSA) is 46.5 Å². The predicted octanol–water partition coefficient (Wildman–Crippen LogP) is 0.354. The number of hydrogen-bond donors (Lipinski definition) is 1. The minimum absolute atomic E-state index is 0.346. The third kappa shape index (κ3) is 0.814. The minimum atomic E-state index is -0.667. The molecule has 0 aromatic carbocycles. The van der Waals surface area contributed by atoms with Crippen molar-refractivity contribution in [1.82, 2.24) is 0 Å². The van der Waals surface area contributed by atoms with E-state index in [1.807, 2.05) is 0 Å². The van der Waals surface area contributed by atoms with Crippen LogP contribution in [0.25, 0.3) is 0 Å². The molecule has 3 heteroatoms. The van der Waals surface area contributed by atoms with E-state index in [9.17, 15) is 4.79 Å². The SMILES string of the molecule is O=C(O)CC1[C@H]2COC[C@@H]12. The highest BCUT2D eigenvalue weighted by atomic mass is 16.5. The normalized spacial score (nSPS) is 43.0. The summed E-state index contributed by atoms with van der Waals surface area (Å²) < 4.78 is 5.13. The predicted molar refractivity (Wildman–Crippen MR) is 33.5 cm³/mol. The second-order valence-electron chi connectivity index (χ2n) is 3.13. The summed E-state index contributed by atoms with van der Waals surface area (Å²) in [6.07, 6.45) is 0.346. The number of aliphatic carboxylic acids is 1. The summed E-state index contributed by atoms with van der Waals surface area (Å²) in [5.41, 5.74) is 0. The number of ether oxygens (including phenoxy) is 1. The molecule has 0 amide bonds. The number of rotatable bonds is 2. The maximum atomic E-state index is 10.2. The van der Waals surface area contributed by atoms with Crippen LogP contribution in [-0.4, -0.2) is 24.3 Å². The lowest BCUT2D eigenvalue weighted by molar-refractivity contribution is -0.137. The second-order valence-corrected chi connectivity index (χ2v) is 3.13. The molecule has 1 heterocycles. The van der Waals surface area contributed by atoms with Gasteiger partial charge in [-0.15, -0.1) is 0 Å². The Balaban J connectivity index is 1.84. The van der Waals surface area contributed by atoms with Crippen LogP contribution >= 0.6 is 0 Å². The van der Waals surface area contributed by atoms with Crippen LogP contribution < -0.4 is 0 Å². The monoisotopic (exact) mass is 142 g/mol. The fraction of sp³-hybridized carbons (Fsp3) is 0.857. The molecule has 2 aliphatic rings. The van der Waals surface area contributed by atoms with Gasteiger partial charge in [0.1, 0.15) is 0 Å². The molecule has 0 bridgehead atoms. The molecule has 1 saturated heterocycles. The van der Waals surface area contributed by atoms with E-state index in [0.717, 1.165) is 13.2 Å². The highest BCUT2D eigenvalue weighted by Gasteiger charge is 2.54. The molecule has 1 N–H and O–H groups in total. The summed E-state index contributed by atoms with van der Waals surface area (Å²) in [5.74, 6) is 0.929. The second kappa shape index (κ2) is 1.95. The first-order valence-electron chi connectivity index (χ1n) is 3.58. The number of fused-ring (bicyclic) bond motifs is 1. The fourth-order valence-electron chi connectivity index (χ4n) is 1.86. The summed E-state index contributed by atoms with van der Waals surface area (Å²) in [4.78, 5) is 10.2. The van der Waals surface area contributed by atoms with E-state index < -0.39 is 5.97 Å². The number of carboxylic acids is 1. The summed E-state index contributed by atoms with van der Waals surface area (Å²) in [6, 6.07) is 0. The van der Waals surface area contributed by atoms with Crippen molar-refractivity contribution in [3.63, 3.8) is 0 Å². The van der Waals surface area contributed by atoms with Gasteiger partial charge in [-0.3, -0.25) is 4.79 Å². The van der Waals surface area contributed by atoms with Gasteiger partial charge in [0.15, 0.2) is 0 Å². The van der Waals surface area contributed by atoms with Crippen molar-refractivity contribution in [3.05, 3.63) is 0 Å². The van der Waals surface area contributed by atoms with Crippen LogP contribution in [0.4, 0.5) is 0 Å². The van der Waals surface area contributed by atoms with Gasteiger partial charge < -0.3 is 9.84 Å². The number of carbonyl (C=O) groups is 1. The van der Waals surface area contributed by atoms with Gasteiger partial charge in [0.25, 0.3) is 0 Å². The van der Waals surface area contributed by atoms with Crippen LogP contribution in [0.5, 0.6) is 0 Å². The van der Waals surface area contributed by atoms with Gasteiger partial charge in [-0.05, 0) is 17.8 Å². The zero-order valence-electron chi connectivity index (χ0n) is 5.62. The van der Waals surface area contributed by atoms with Gasteiger partial charge in [-0.2, -0.15) is 0 Å². The van der Waals surface area contributed by atoms with Crippen LogP contribution in [0.3, 0.4) is 0 Å². The molecule has 0 spiro atoms. The molecular weight excluding hydrogens is 132 g/mol. The standard InChI is InChI=1S/C7H10O3/c8-7(9)1-4-5-2-10-3-6(4)5/h4-6H,1-3H2,(H,8,9)/t4?,5-,6+. The largest absolute Gasteiger partial charge is 0.481 e. The molecule has 10 heavy (non-hydrogen) atoms. The van der Waals surface area contributed by atoms with E-state index >= 15 is 0 Å². The molecular formula is C7H10O3. The lowest BCUT2D eigenvalue weighted by atomic mass is 10.2. The average Bonchev–Trinajstić information content (AvgIpc) is 2.40. The zero-order valence-corrected chi connectivity index (χ0v) is 5.62. The molecule has 1 saturated carbocycles. The average molecular weight is 142 g/mol. The van der Waals surface area contributed by atoms with E-state index in [2.05, 4.69) is 0 Å². The van der Waals surface area contributed by atoms with Gasteiger partial charge in [-0.25, -0.2) is 0 Å². The summed E-state index contributed by atoms with van der Waals surface area (Å²) in [6.45, 7) is 1.59. The number of hydrogen-bond acceptors (Lipinski definition) is 2. The van der Waals surface area contributed by atoms with Crippen LogP contribution in [0, 0.1) is 17.8 Å². The molecule has 0 aromatic rings. The molecule has 1 unspecified atom stereocenters. The van der Waals surface area contributed by atoms with Crippen molar-refractivity contribution in [1.29, 1.82) is 0 Å². The van der Waals surface area contributed by atoms with Crippen LogP contribution in [0.1, 0.15) is 6.42 Å². The Kier molecular flexibility index (Phi) is 1.20. The van der Waals surface area contributed by atoms with Gasteiger partial charge in [0.2, 0.25) is 0 Å². The molecule has 3 nitrogen and oxygen atoms in total. The Labute approximate surface area is 59.0 Å². The Hall–Kier alpha value is -0.570. The lowest BCUT2D eigenvalue weighted by Crippen LogP contribution is -2.03. The molecule has 0 radical (unpaired) electrons. The van der Waals surface area contributed by atoms with Gasteiger partial charge in [-0.1, -0.05) is 0 Å². The Bertz CT molecular complexity index is 156. The van der Waals surface area contributed by atoms with Crippen molar-refractivity contribution in [2.45, 2.75) is 6.42 Å². The van der Waals surface area contributed by atoms with E-state index in [1.165, 1.54) is 0 Å². The minimum Gasteiger partial charge on any atom is -0.481 e. The van der Waals surface area contributed by atoms with E-state index in [4.69, 9.17) is 9.84 Å². The van der Waals surface area contributed by atoms with Gasteiger partial charge in [0, 0.05) is 6.42 Å². The molecule has 2 fully saturated rings. The third-order valence-corrected chi connectivity index (χ3v) is 2.54. The Morgan fingerprint density at radius 2 is 2.10 bits per heavy atom. The highest BCUT2D eigenvalue weighted by Crippen LogP contribution is 2.52. The smallest absolute Gasteiger partial charge is 0.303 e. The lowest BCUT2D eigenvalue weighted by Gasteiger charge is -1.98. The molecule has 1 aliphatic carbocycles. The summed E-state index contributed by atoms with van der Waals surface area (Å²) in [5, 5.41) is 8.44. The Morgan fingerprint density at radius 3 is 2.60 bits per heavy atom. The van der Waals surface area contributed by atoms with Crippen molar-refractivity contribution in [2.24, 2.45) is 17.8 Å². The van der Waals surface area contributed by atoms with Crippen molar-refractivity contribution in [3.8, 4) is 0 Å². The highest BCUT2D eigenvalue weighted by molar-refractivity contribution is 5.67. The third-order valence-electron chi connectivity index (χ3n) is 2.54. The molecule has 0 aromatic heterocycles. The first kappa shape index (κ1) is 6.16. The summed E-state index contributed by atoms with van der Waals surface area (Å²) in [7, 11) is 0. The first-order chi connectivity index (χ1) is 4.79. The van der Waals surface area contributed by atoms with Crippen LogP contribution in [-0.2, 0) is 9.53 Å². The van der Waals surface area contributed by atoms with Gasteiger partial charge in [0.05, 0.1) is 13.2 Å². The van der Waals surface area contributed by atoms with Crippen molar-refractivity contribution in [2.75, 3.05) is 13.2 Å². The molecule has 3 atom stereocenters. The van der Waals surface area contributed by atoms with Crippen LogP contribution in [0.2, 0.25) is 0 Å². The Morgan fingerprint density at radius 1 is 1.50 bits per heavy atom. The maximum absolute atomic E-state index is 10.2. The van der Waals surface area contributed by atoms with Gasteiger partial charge >= 0.3 is 5.97 Å². The first-order valence-corrected chi connectivity index (χ1v) is 3.58. The summed E-state index contributed by atoms with van der Waals surface area (Å²) >= 11 is 0. The van der Waals surface area contributed by atoms with Crippen LogP contribution in [0.15, 0.2) is 0 Å².